The van der Waals surface area contributed by atoms with Crippen LogP contribution >= 0.6 is 0 Å². The molecule has 1 aromatic heterocycles. The molecule has 0 aliphatic rings. The third kappa shape index (κ3) is 3.98. The molecule has 1 unspecified atom stereocenters. The van der Waals surface area contributed by atoms with Gasteiger partial charge >= 0.3 is 11.9 Å². The van der Waals surface area contributed by atoms with Gasteiger partial charge in [0.1, 0.15) is 11.4 Å². The van der Waals surface area contributed by atoms with Crippen molar-refractivity contribution in [3.8, 4) is 0 Å². The standard InChI is InChI=1S/C14H18FNO5/c1-4-20-12(17)11(13(18)21-5-2)14(3,19)9-6-10(15)8-16-7-9/h6-8,11,19H,4-5H2,1-3H3. The van der Waals surface area contributed by atoms with E-state index in [2.05, 4.69) is 4.98 Å². The zero-order chi connectivity index (χ0) is 16.0. The largest absolute Gasteiger partial charge is 0.465 e. The molecular formula is C14H18FNO5. The molecule has 116 valence electrons. The van der Waals surface area contributed by atoms with Crippen LogP contribution in [0.4, 0.5) is 4.39 Å². The third-order valence-corrected chi connectivity index (χ3v) is 2.90. The van der Waals surface area contributed by atoms with Gasteiger partial charge in [-0.3, -0.25) is 14.6 Å². The first-order valence-corrected chi connectivity index (χ1v) is 6.51. The van der Waals surface area contributed by atoms with E-state index in [1.807, 2.05) is 0 Å². The average Bonchev–Trinajstić information content (AvgIpc) is 2.39. The molecule has 7 heteroatoms. The molecule has 6 nitrogen and oxygen atoms in total. The van der Waals surface area contributed by atoms with Crippen LogP contribution in [0.15, 0.2) is 18.5 Å². The minimum absolute atomic E-state index is 0.0198. The van der Waals surface area contributed by atoms with E-state index in [0.717, 1.165) is 12.3 Å². The summed E-state index contributed by atoms with van der Waals surface area (Å²) >= 11 is 0. The number of pyridine rings is 1. The molecule has 1 heterocycles. The highest BCUT2D eigenvalue weighted by molar-refractivity contribution is 5.96. The molecule has 0 fully saturated rings. The lowest BCUT2D eigenvalue weighted by Gasteiger charge is -2.29. The Morgan fingerprint density at radius 1 is 1.29 bits per heavy atom. The Hall–Kier alpha value is -2.02. The second-order valence-electron chi connectivity index (χ2n) is 4.48. The smallest absolute Gasteiger partial charge is 0.323 e. The van der Waals surface area contributed by atoms with Crippen LogP contribution in [0.3, 0.4) is 0 Å². The Morgan fingerprint density at radius 2 is 1.81 bits per heavy atom. The van der Waals surface area contributed by atoms with Crippen LogP contribution in [0.2, 0.25) is 0 Å². The van der Waals surface area contributed by atoms with Crippen LogP contribution in [0.25, 0.3) is 0 Å². The summed E-state index contributed by atoms with van der Waals surface area (Å²) in [5.41, 5.74) is -2.03. The Bertz CT molecular complexity index is 500. The molecule has 0 saturated heterocycles. The number of esters is 2. The molecule has 1 N–H and O–H groups in total. The number of rotatable bonds is 6. The molecule has 1 rings (SSSR count). The van der Waals surface area contributed by atoms with E-state index in [0.29, 0.717) is 0 Å². The lowest BCUT2D eigenvalue weighted by molar-refractivity contribution is -0.174. The van der Waals surface area contributed by atoms with Gasteiger partial charge in [-0.1, -0.05) is 0 Å². The Labute approximate surface area is 121 Å². The van der Waals surface area contributed by atoms with Crippen LogP contribution in [0, 0.1) is 11.7 Å². The summed E-state index contributed by atoms with van der Waals surface area (Å²) in [6.07, 6.45) is 2.12. The van der Waals surface area contributed by atoms with Gasteiger partial charge in [0.05, 0.1) is 19.4 Å². The van der Waals surface area contributed by atoms with Gasteiger partial charge in [0, 0.05) is 11.8 Å². The van der Waals surface area contributed by atoms with Gasteiger partial charge < -0.3 is 14.6 Å². The van der Waals surface area contributed by atoms with E-state index >= 15 is 0 Å². The highest BCUT2D eigenvalue weighted by Crippen LogP contribution is 2.31. The maximum atomic E-state index is 13.3. The summed E-state index contributed by atoms with van der Waals surface area (Å²) in [5, 5.41) is 10.6. The highest BCUT2D eigenvalue weighted by Gasteiger charge is 2.46. The molecule has 0 spiro atoms. The van der Waals surface area contributed by atoms with Crippen LogP contribution < -0.4 is 0 Å². The minimum Gasteiger partial charge on any atom is -0.465 e. The zero-order valence-electron chi connectivity index (χ0n) is 12.1. The van der Waals surface area contributed by atoms with E-state index < -0.39 is 29.3 Å². The first kappa shape index (κ1) is 17.0. The van der Waals surface area contributed by atoms with Crippen LogP contribution in [0.5, 0.6) is 0 Å². The van der Waals surface area contributed by atoms with Crippen LogP contribution in [-0.4, -0.2) is 35.2 Å². The van der Waals surface area contributed by atoms with Crippen LogP contribution in [0.1, 0.15) is 26.3 Å². The number of hydrogen-bond donors (Lipinski definition) is 1. The van der Waals surface area contributed by atoms with E-state index in [9.17, 15) is 19.1 Å². The quantitative estimate of drug-likeness (QED) is 0.627. The van der Waals surface area contributed by atoms with Crippen LogP contribution in [-0.2, 0) is 24.7 Å². The van der Waals surface area contributed by atoms with Gasteiger partial charge in [-0.05, 0) is 26.8 Å². The average molecular weight is 299 g/mol. The molecule has 0 aliphatic carbocycles. The van der Waals surface area contributed by atoms with Crippen molar-refractivity contribution in [2.24, 2.45) is 5.92 Å². The van der Waals surface area contributed by atoms with Gasteiger partial charge in [-0.15, -0.1) is 0 Å². The summed E-state index contributed by atoms with van der Waals surface area (Å²) < 4.78 is 22.8. The number of carbonyl (C=O) groups is 2. The maximum Gasteiger partial charge on any atom is 0.323 e. The fourth-order valence-electron chi connectivity index (χ4n) is 1.86. The molecule has 0 saturated carbocycles. The molecular weight excluding hydrogens is 281 g/mol. The predicted molar refractivity (Wildman–Crippen MR) is 70.5 cm³/mol. The minimum atomic E-state index is -2.01. The number of hydrogen-bond acceptors (Lipinski definition) is 6. The Balaban J connectivity index is 3.22. The maximum absolute atomic E-state index is 13.3. The molecule has 0 aliphatic heterocycles. The zero-order valence-corrected chi connectivity index (χ0v) is 12.1. The van der Waals surface area contributed by atoms with Crippen molar-refractivity contribution in [2.75, 3.05) is 13.2 Å². The first-order chi connectivity index (χ1) is 9.84. The van der Waals surface area contributed by atoms with Gasteiger partial charge in [-0.25, -0.2) is 4.39 Å². The molecule has 21 heavy (non-hydrogen) atoms. The van der Waals surface area contributed by atoms with Crippen molar-refractivity contribution < 1.29 is 28.6 Å². The normalized spacial score (nSPS) is 13.6. The highest BCUT2D eigenvalue weighted by atomic mass is 19.1. The predicted octanol–water partition coefficient (Wildman–Crippen LogP) is 1.17. The number of carbonyl (C=O) groups excluding carboxylic acids is 2. The fraction of sp³-hybridized carbons (Fsp3) is 0.500. The van der Waals surface area contributed by atoms with E-state index in [1.165, 1.54) is 13.1 Å². The van der Waals surface area contributed by atoms with E-state index in [1.54, 1.807) is 13.8 Å². The van der Waals surface area contributed by atoms with Gasteiger partial charge in [0.15, 0.2) is 5.92 Å². The van der Waals surface area contributed by atoms with Gasteiger partial charge in [-0.2, -0.15) is 0 Å². The summed E-state index contributed by atoms with van der Waals surface area (Å²) in [5.74, 6) is -4.20. The van der Waals surface area contributed by atoms with Crippen molar-refractivity contribution in [1.29, 1.82) is 0 Å². The Kier molecular flexibility index (Phi) is 5.78. The molecule has 0 radical (unpaired) electrons. The number of nitrogens with zero attached hydrogens (tertiary/aromatic N) is 1. The first-order valence-electron chi connectivity index (χ1n) is 6.51. The monoisotopic (exact) mass is 299 g/mol. The lowest BCUT2D eigenvalue weighted by Crippen LogP contribution is -2.44. The lowest BCUT2D eigenvalue weighted by atomic mass is 9.83. The van der Waals surface area contributed by atoms with E-state index in [-0.39, 0.29) is 18.8 Å². The third-order valence-electron chi connectivity index (χ3n) is 2.90. The van der Waals surface area contributed by atoms with Gasteiger partial charge in [0.2, 0.25) is 0 Å². The van der Waals surface area contributed by atoms with Crippen molar-refractivity contribution in [2.45, 2.75) is 26.4 Å². The SMILES string of the molecule is CCOC(=O)C(C(=O)OCC)C(C)(O)c1cncc(F)c1. The second-order valence-corrected chi connectivity index (χ2v) is 4.48. The van der Waals surface area contributed by atoms with Gasteiger partial charge in [0.25, 0.3) is 0 Å². The molecule has 1 aromatic rings. The topological polar surface area (TPSA) is 85.7 Å². The number of halogens is 1. The number of aliphatic hydroxyl groups is 1. The molecule has 1 atom stereocenters. The molecule has 0 bridgehead atoms. The molecule has 0 amide bonds. The van der Waals surface area contributed by atoms with Crippen molar-refractivity contribution in [3.63, 3.8) is 0 Å². The fourth-order valence-corrected chi connectivity index (χ4v) is 1.86. The Morgan fingerprint density at radius 3 is 2.24 bits per heavy atom. The summed E-state index contributed by atoms with van der Waals surface area (Å²) in [6.45, 7) is 4.41. The molecule has 0 aromatic carbocycles. The summed E-state index contributed by atoms with van der Waals surface area (Å²) in [4.78, 5) is 27.5. The van der Waals surface area contributed by atoms with Crippen molar-refractivity contribution in [1.82, 2.24) is 4.98 Å². The number of ether oxygens (including phenoxy) is 2. The van der Waals surface area contributed by atoms with E-state index in [4.69, 9.17) is 9.47 Å². The summed E-state index contributed by atoms with van der Waals surface area (Å²) in [7, 11) is 0. The van der Waals surface area contributed by atoms with Crippen molar-refractivity contribution in [3.05, 3.63) is 29.8 Å². The van der Waals surface area contributed by atoms with Crippen molar-refractivity contribution >= 4 is 11.9 Å². The summed E-state index contributed by atoms with van der Waals surface area (Å²) in [6, 6.07) is 0.998. The second kappa shape index (κ2) is 7.12. The number of aromatic nitrogens is 1.